The quantitative estimate of drug-likeness (QED) is 0.613. The average molecular weight is 428 g/mol. The summed E-state index contributed by atoms with van der Waals surface area (Å²) in [5, 5.41) is 4.17. The van der Waals surface area contributed by atoms with E-state index in [1.165, 1.54) is 10.9 Å². The molecule has 6 rings (SSSR count). The fourth-order valence-corrected chi connectivity index (χ4v) is 5.52. The number of amides is 2. The van der Waals surface area contributed by atoms with Crippen LogP contribution in [0.4, 0.5) is 5.69 Å². The Hall–Kier alpha value is -3.38. The lowest BCUT2D eigenvalue weighted by Crippen LogP contribution is -2.41. The lowest BCUT2D eigenvalue weighted by molar-refractivity contribution is -0.135. The number of carbonyl (C=O) groups excluding carboxylic acids is 2. The van der Waals surface area contributed by atoms with Gasteiger partial charge < -0.3 is 19.9 Å². The molecule has 2 N–H and O–H groups in total. The summed E-state index contributed by atoms with van der Waals surface area (Å²) in [6, 6.07) is 15.9. The van der Waals surface area contributed by atoms with Crippen LogP contribution in [0.3, 0.4) is 0 Å². The number of anilines is 1. The van der Waals surface area contributed by atoms with Gasteiger partial charge in [0.1, 0.15) is 5.60 Å². The summed E-state index contributed by atoms with van der Waals surface area (Å²) < 4.78 is 6.24. The molecule has 3 aromatic rings. The van der Waals surface area contributed by atoms with Gasteiger partial charge in [0.25, 0.3) is 0 Å². The molecule has 162 valence electrons. The van der Waals surface area contributed by atoms with Crippen LogP contribution in [0.15, 0.2) is 66.9 Å². The maximum Gasteiger partial charge on any atom is 0.231 e. The molecule has 1 aromatic heterocycles. The summed E-state index contributed by atoms with van der Waals surface area (Å²) in [4.78, 5) is 31.8. The van der Waals surface area contributed by atoms with Gasteiger partial charge in [0.15, 0.2) is 0 Å². The maximum absolute atomic E-state index is 13.4. The highest BCUT2D eigenvalue weighted by Gasteiger charge is 2.66. The molecule has 4 heterocycles. The van der Waals surface area contributed by atoms with Crippen LogP contribution in [-0.4, -0.2) is 46.5 Å². The third-order valence-corrected chi connectivity index (χ3v) is 7.13. The second-order valence-corrected chi connectivity index (χ2v) is 9.12. The molecule has 0 saturated carbocycles. The van der Waals surface area contributed by atoms with Crippen molar-refractivity contribution in [2.75, 3.05) is 18.4 Å². The van der Waals surface area contributed by atoms with Crippen LogP contribution >= 0.6 is 0 Å². The van der Waals surface area contributed by atoms with Gasteiger partial charge >= 0.3 is 0 Å². The molecule has 0 aliphatic carbocycles. The number of hydrogen-bond acceptors (Lipinski definition) is 3. The van der Waals surface area contributed by atoms with Crippen LogP contribution in [0, 0.1) is 18.8 Å². The fourth-order valence-electron chi connectivity index (χ4n) is 5.52. The standard InChI is InChI=1S/C26H25N3O3/c1-16-6-8-18(9-7-16)28-24(30)22-21-10-12-26(32-21)15-29(25(31)23(22)26)13-11-17-14-27-20-5-3-2-4-19(17)20/h2-10,12,14,21-23,27H,11,13,15H2,1H3,(H,28,30)/t21-,22-,23+,26+/m1/s1. The lowest BCUT2D eigenvalue weighted by Gasteiger charge is -2.23. The van der Waals surface area contributed by atoms with E-state index < -0.39 is 17.4 Å². The first kappa shape index (κ1) is 19.3. The van der Waals surface area contributed by atoms with Crippen molar-refractivity contribution >= 4 is 28.4 Å². The molecule has 6 heteroatoms. The number of carbonyl (C=O) groups is 2. The third-order valence-electron chi connectivity index (χ3n) is 7.13. The Morgan fingerprint density at radius 1 is 1.22 bits per heavy atom. The number of aryl methyl sites for hydroxylation is 1. The number of para-hydroxylation sites is 1. The molecule has 2 fully saturated rings. The van der Waals surface area contributed by atoms with E-state index in [9.17, 15) is 9.59 Å². The first-order valence-electron chi connectivity index (χ1n) is 11.1. The lowest BCUT2D eigenvalue weighted by atomic mass is 9.77. The molecule has 3 aliphatic heterocycles. The van der Waals surface area contributed by atoms with E-state index in [1.807, 2.05) is 66.6 Å². The van der Waals surface area contributed by atoms with Gasteiger partial charge in [-0.2, -0.15) is 0 Å². The average Bonchev–Trinajstić information content (AvgIpc) is 3.54. The largest absolute Gasteiger partial charge is 0.361 e. The molecule has 2 amide bonds. The maximum atomic E-state index is 13.4. The number of benzene rings is 2. The Balaban J connectivity index is 1.20. The van der Waals surface area contributed by atoms with Crippen molar-refractivity contribution in [1.82, 2.24) is 9.88 Å². The Morgan fingerprint density at radius 3 is 2.88 bits per heavy atom. The Kier molecular flexibility index (Phi) is 4.27. The van der Waals surface area contributed by atoms with Crippen LogP contribution in [0.5, 0.6) is 0 Å². The van der Waals surface area contributed by atoms with Gasteiger partial charge in [-0.3, -0.25) is 9.59 Å². The SMILES string of the molecule is Cc1ccc(NC(=O)[C@H]2[C@H]3C(=O)N(CCc4c[nH]c5ccccc45)C[C@@]34C=C[C@H]2O4)cc1. The van der Waals surface area contributed by atoms with Gasteiger partial charge in [0.2, 0.25) is 11.8 Å². The fraction of sp³-hybridized carbons (Fsp3) is 0.308. The van der Waals surface area contributed by atoms with Gasteiger partial charge in [-0.25, -0.2) is 0 Å². The summed E-state index contributed by atoms with van der Waals surface area (Å²) in [6.07, 6.45) is 6.38. The molecule has 32 heavy (non-hydrogen) atoms. The second kappa shape index (κ2) is 7.07. The van der Waals surface area contributed by atoms with E-state index in [-0.39, 0.29) is 17.9 Å². The summed E-state index contributed by atoms with van der Waals surface area (Å²) in [5.41, 5.74) is 3.48. The number of aromatic amines is 1. The van der Waals surface area contributed by atoms with E-state index in [0.29, 0.717) is 13.1 Å². The monoisotopic (exact) mass is 427 g/mol. The molecule has 2 aromatic carbocycles. The highest BCUT2D eigenvalue weighted by Crippen LogP contribution is 2.52. The van der Waals surface area contributed by atoms with Gasteiger partial charge in [-0.05, 0) is 37.1 Å². The Bertz CT molecular complexity index is 1240. The van der Waals surface area contributed by atoms with E-state index >= 15 is 0 Å². The van der Waals surface area contributed by atoms with Gasteiger partial charge in [-0.15, -0.1) is 0 Å². The highest BCUT2D eigenvalue weighted by molar-refractivity contribution is 5.99. The number of nitrogens with one attached hydrogen (secondary N) is 2. The van der Waals surface area contributed by atoms with E-state index in [1.54, 1.807) is 0 Å². The highest BCUT2D eigenvalue weighted by atomic mass is 16.5. The topological polar surface area (TPSA) is 74.4 Å². The smallest absolute Gasteiger partial charge is 0.231 e. The van der Waals surface area contributed by atoms with Crippen LogP contribution in [0.1, 0.15) is 11.1 Å². The molecule has 0 unspecified atom stereocenters. The van der Waals surface area contributed by atoms with Crippen molar-refractivity contribution < 1.29 is 14.3 Å². The third kappa shape index (κ3) is 2.90. The first-order chi connectivity index (χ1) is 15.5. The molecule has 0 radical (unpaired) electrons. The summed E-state index contributed by atoms with van der Waals surface area (Å²) in [7, 11) is 0. The molecule has 2 bridgehead atoms. The molecule has 6 nitrogen and oxygen atoms in total. The van der Waals surface area contributed by atoms with E-state index in [4.69, 9.17) is 4.74 Å². The molecule has 1 spiro atoms. The minimum Gasteiger partial charge on any atom is -0.361 e. The van der Waals surface area contributed by atoms with Crippen LogP contribution < -0.4 is 5.32 Å². The zero-order valence-corrected chi connectivity index (χ0v) is 17.9. The number of aromatic nitrogens is 1. The number of ether oxygens (including phenoxy) is 1. The Labute approximate surface area is 186 Å². The minimum absolute atomic E-state index is 0.0146. The van der Waals surface area contributed by atoms with Gasteiger partial charge in [-0.1, -0.05) is 48.0 Å². The van der Waals surface area contributed by atoms with Crippen molar-refractivity contribution in [2.45, 2.75) is 25.0 Å². The van der Waals surface area contributed by atoms with Gasteiger partial charge in [0.05, 0.1) is 24.5 Å². The normalized spacial score (nSPS) is 28.0. The van der Waals surface area contributed by atoms with Crippen LogP contribution in [-0.2, 0) is 20.7 Å². The summed E-state index contributed by atoms with van der Waals surface area (Å²) in [6.45, 7) is 3.11. The second-order valence-electron chi connectivity index (χ2n) is 9.12. The number of fused-ring (bicyclic) bond motifs is 2. The van der Waals surface area contributed by atoms with Gasteiger partial charge in [0, 0.05) is 29.3 Å². The molecular weight excluding hydrogens is 402 g/mol. The number of likely N-dealkylation sites (tertiary alicyclic amines) is 1. The van der Waals surface area contributed by atoms with E-state index in [2.05, 4.69) is 22.4 Å². The molecule has 3 aliphatic rings. The van der Waals surface area contributed by atoms with Crippen molar-refractivity contribution in [3.8, 4) is 0 Å². The van der Waals surface area contributed by atoms with Crippen molar-refractivity contribution in [1.29, 1.82) is 0 Å². The number of rotatable bonds is 5. The summed E-state index contributed by atoms with van der Waals surface area (Å²) >= 11 is 0. The summed E-state index contributed by atoms with van der Waals surface area (Å²) in [5.74, 6) is -1.11. The number of hydrogen-bond donors (Lipinski definition) is 2. The van der Waals surface area contributed by atoms with Crippen LogP contribution in [0.25, 0.3) is 10.9 Å². The minimum atomic E-state index is -0.683. The number of H-pyrrole nitrogens is 1. The van der Waals surface area contributed by atoms with Crippen LogP contribution in [0.2, 0.25) is 0 Å². The van der Waals surface area contributed by atoms with Crippen molar-refractivity contribution in [3.63, 3.8) is 0 Å². The molecule has 4 atom stereocenters. The predicted octanol–water partition coefficient (Wildman–Crippen LogP) is 3.44. The Morgan fingerprint density at radius 2 is 2.03 bits per heavy atom. The zero-order chi connectivity index (χ0) is 21.9. The molecule has 2 saturated heterocycles. The zero-order valence-electron chi connectivity index (χ0n) is 17.9. The predicted molar refractivity (Wildman–Crippen MR) is 122 cm³/mol. The molecular formula is C26H25N3O3. The first-order valence-corrected chi connectivity index (χ1v) is 11.1. The number of nitrogens with zero attached hydrogens (tertiary/aromatic N) is 1. The van der Waals surface area contributed by atoms with E-state index in [0.717, 1.165) is 23.2 Å². The van der Waals surface area contributed by atoms with Crippen molar-refractivity contribution in [3.05, 3.63) is 78.0 Å². The van der Waals surface area contributed by atoms with Crippen molar-refractivity contribution in [2.24, 2.45) is 11.8 Å².